The number of rotatable bonds is 0. The lowest BCUT2D eigenvalue weighted by Crippen LogP contribution is -2.23. The number of dihydropyridines is 1. The van der Waals surface area contributed by atoms with Crippen molar-refractivity contribution in [2.75, 3.05) is 0 Å². The van der Waals surface area contributed by atoms with E-state index in [1.54, 1.807) is 5.32 Å². The summed E-state index contributed by atoms with van der Waals surface area (Å²) in [5.41, 5.74) is 0. The van der Waals surface area contributed by atoms with Crippen LogP contribution in [0.3, 0.4) is 0 Å². The topological polar surface area (TPSA) is 12.0 Å². The van der Waals surface area contributed by atoms with Crippen molar-refractivity contribution in [3.63, 3.8) is 0 Å². The Hall–Kier alpha value is -0.930. The van der Waals surface area contributed by atoms with Crippen molar-refractivity contribution >= 4 is 0 Å². The van der Waals surface area contributed by atoms with E-state index in [1.165, 1.54) is 0 Å². The zero-order chi connectivity index (χ0) is 6.85. The summed E-state index contributed by atoms with van der Waals surface area (Å²) in [4.78, 5) is 0. The van der Waals surface area contributed by atoms with Crippen LogP contribution in [-0.4, -0.2) is 6.30 Å². The summed E-state index contributed by atoms with van der Waals surface area (Å²) in [7, 11) is 0. The average Bonchev–Trinajstić information content (AvgIpc) is 1.80. The molecule has 1 aliphatic rings. The zero-order valence-electron chi connectivity index (χ0n) is 4.37. The second-order valence-electron chi connectivity index (χ2n) is 1.57. The fourth-order valence-electron chi connectivity index (χ4n) is 0.480. The Morgan fingerprint density at radius 3 is 2.56 bits per heavy atom. The largest absolute Gasteiger partial charge is 0.327 e. The first-order valence-electron chi connectivity index (χ1n) is 2.34. The van der Waals surface area contributed by atoms with Gasteiger partial charge in [0.2, 0.25) is 5.95 Å². The summed E-state index contributed by atoms with van der Waals surface area (Å²) in [6.07, 6.45) is 0.0269. The molecule has 0 aromatic carbocycles. The van der Waals surface area contributed by atoms with Gasteiger partial charge in [-0.1, -0.05) is 0 Å². The first-order valence-corrected chi connectivity index (χ1v) is 2.34. The Labute approximate surface area is 49.9 Å². The molecule has 1 atom stereocenters. The van der Waals surface area contributed by atoms with Gasteiger partial charge in [0.25, 0.3) is 0 Å². The van der Waals surface area contributed by atoms with Crippen LogP contribution in [0.5, 0.6) is 0 Å². The smallest absolute Gasteiger partial charge is 0.225 e. The molecule has 0 spiro atoms. The van der Waals surface area contributed by atoms with E-state index in [-0.39, 0.29) is 0 Å². The van der Waals surface area contributed by atoms with Crippen LogP contribution in [0.2, 0.25) is 0 Å². The van der Waals surface area contributed by atoms with Crippen molar-refractivity contribution < 1.29 is 13.2 Å². The molecular formula is C5H4F3N. The SMILES string of the molecule is FC1=C(F)NC(F)C=C1. The minimum absolute atomic E-state index is 0.747. The zero-order valence-corrected chi connectivity index (χ0v) is 4.37. The third-order valence-electron chi connectivity index (χ3n) is 0.886. The number of alkyl halides is 1. The lowest BCUT2D eigenvalue weighted by Gasteiger charge is -2.08. The predicted molar refractivity (Wildman–Crippen MR) is 26.4 cm³/mol. The van der Waals surface area contributed by atoms with Crippen LogP contribution in [0, 0.1) is 0 Å². The highest BCUT2D eigenvalue weighted by molar-refractivity contribution is 5.19. The van der Waals surface area contributed by atoms with E-state index in [1.807, 2.05) is 0 Å². The molecule has 0 aliphatic carbocycles. The molecule has 1 heterocycles. The van der Waals surface area contributed by atoms with Crippen molar-refractivity contribution in [1.29, 1.82) is 0 Å². The van der Waals surface area contributed by atoms with E-state index in [9.17, 15) is 13.2 Å². The van der Waals surface area contributed by atoms with E-state index >= 15 is 0 Å². The molecule has 0 amide bonds. The van der Waals surface area contributed by atoms with Crippen molar-refractivity contribution in [2.45, 2.75) is 6.30 Å². The van der Waals surface area contributed by atoms with Crippen LogP contribution in [-0.2, 0) is 0 Å². The molecule has 1 rings (SSSR count). The quantitative estimate of drug-likeness (QED) is 0.497. The molecule has 0 radical (unpaired) electrons. The summed E-state index contributed by atoms with van der Waals surface area (Å²) in [6.45, 7) is 0. The van der Waals surface area contributed by atoms with Gasteiger partial charge in [0.05, 0.1) is 0 Å². The standard InChI is InChI=1S/C5H4F3N/c6-3-1-2-4(7)9-5(3)8/h1-2,4,9H. The first kappa shape index (κ1) is 6.19. The minimum atomic E-state index is -1.61. The highest BCUT2D eigenvalue weighted by Crippen LogP contribution is 2.13. The van der Waals surface area contributed by atoms with Gasteiger partial charge in [-0.05, 0) is 12.2 Å². The molecule has 1 nitrogen and oxygen atoms in total. The van der Waals surface area contributed by atoms with Crippen molar-refractivity contribution in [3.05, 3.63) is 23.9 Å². The van der Waals surface area contributed by atoms with Crippen molar-refractivity contribution in [1.82, 2.24) is 5.32 Å². The normalized spacial score (nSPS) is 26.3. The molecule has 1 N–H and O–H groups in total. The Morgan fingerprint density at radius 2 is 2.11 bits per heavy atom. The Kier molecular flexibility index (Phi) is 1.46. The number of hydrogen-bond donors (Lipinski definition) is 1. The molecule has 4 heteroatoms. The van der Waals surface area contributed by atoms with Gasteiger partial charge < -0.3 is 5.32 Å². The lowest BCUT2D eigenvalue weighted by atomic mass is 10.3. The molecular weight excluding hydrogens is 131 g/mol. The van der Waals surface area contributed by atoms with Crippen molar-refractivity contribution in [3.8, 4) is 0 Å². The monoisotopic (exact) mass is 135 g/mol. The third-order valence-corrected chi connectivity index (χ3v) is 0.886. The van der Waals surface area contributed by atoms with E-state index < -0.39 is 18.1 Å². The van der Waals surface area contributed by atoms with Crippen molar-refractivity contribution in [2.24, 2.45) is 0 Å². The Bertz CT molecular complexity index is 173. The molecule has 0 aromatic rings. The molecule has 9 heavy (non-hydrogen) atoms. The van der Waals surface area contributed by atoms with Gasteiger partial charge in [0, 0.05) is 0 Å². The fraction of sp³-hybridized carbons (Fsp3) is 0.200. The highest BCUT2D eigenvalue weighted by Gasteiger charge is 2.12. The van der Waals surface area contributed by atoms with Gasteiger partial charge in [0.15, 0.2) is 12.1 Å². The second kappa shape index (κ2) is 2.13. The third kappa shape index (κ3) is 1.25. The van der Waals surface area contributed by atoms with E-state index in [2.05, 4.69) is 0 Å². The summed E-state index contributed by atoms with van der Waals surface area (Å²) < 4.78 is 35.8. The van der Waals surface area contributed by atoms with Crippen LogP contribution >= 0.6 is 0 Å². The number of hydrogen-bond acceptors (Lipinski definition) is 1. The molecule has 0 saturated carbocycles. The molecule has 0 bridgehead atoms. The molecule has 0 aromatic heterocycles. The molecule has 0 fully saturated rings. The molecule has 1 aliphatic heterocycles. The molecule has 0 saturated heterocycles. The van der Waals surface area contributed by atoms with Gasteiger partial charge in [0.1, 0.15) is 0 Å². The molecule has 50 valence electrons. The summed E-state index contributed by atoms with van der Waals surface area (Å²) in [5, 5.41) is 1.61. The number of halogens is 3. The second-order valence-corrected chi connectivity index (χ2v) is 1.57. The van der Waals surface area contributed by atoms with Crippen LogP contribution in [0.25, 0.3) is 0 Å². The molecule has 1 unspecified atom stereocenters. The highest BCUT2D eigenvalue weighted by atomic mass is 19.2. The van der Waals surface area contributed by atoms with Crippen LogP contribution in [0.15, 0.2) is 23.9 Å². The summed E-state index contributed by atoms with van der Waals surface area (Å²) in [5.74, 6) is -2.31. The van der Waals surface area contributed by atoms with Gasteiger partial charge in [-0.2, -0.15) is 4.39 Å². The maximum Gasteiger partial charge on any atom is 0.225 e. The van der Waals surface area contributed by atoms with Gasteiger partial charge >= 0.3 is 0 Å². The summed E-state index contributed by atoms with van der Waals surface area (Å²) in [6, 6.07) is 0. The number of allylic oxidation sites excluding steroid dienone is 2. The predicted octanol–water partition coefficient (Wildman–Crippen LogP) is 1.55. The summed E-state index contributed by atoms with van der Waals surface area (Å²) >= 11 is 0. The minimum Gasteiger partial charge on any atom is -0.327 e. The maximum atomic E-state index is 12.0. The van der Waals surface area contributed by atoms with Gasteiger partial charge in [-0.3, -0.25) is 0 Å². The number of nitrogens with one attached hydrogen (secondary N) is 1. The fourth-order valence-corrected chi connectivity index (χ4v) is 0.480. The Balaban J connectivity index is 2.75. The van der Waals surface area contributed by atoms with Crippen LogP contribution in [0.1, 0.15) is 0 Å². The maximum absolute atomic E-state index is 12.0. The van der Waals surface area contributed by atoms with E-state index in [0.717, 1.165) is 12.2 Å². The van der Waals surface area contributed by atoms with Crippen LogP contribution in [0.4, 0.5) is 13.2 Å². The van der Waals surface area contributed by atoms with E-state index in [0.29, 0.717) is 0 Å². The average molecular weight is 135 g/mol. The van der Waals surface area contributed by atoms with Crippen LogP contribution < -0.4 is 5.32 Å². The lowest BCUT2D eigenvalue weighted by molar-refractivity contribution is 0.313. The first-order chi connectivity index (χ1) is 4.20. The Morgan fingerprint density at radius 1 is 1.44 bits per heavy atom. The van der Waals surface area contributed by atoms with Gasteiger partial charge in [-0.25, -0.2) is 8.78 Å². The van der Waals surface area contributed by atoms with Gasteiger partial charge in [-0.15, -0.1) is 0 Å². The van der Waals surface area contributed by atoms with E-state index in [4.69, 9.17) is 0 Å².